The summed E-state index contributed by atoms with van der Waals surface area (Å²) in [6, 6.07) is 3.77. The predicted molar refractivity (Wildman–Crippen MR) is 75.2 cm³/mol. The normalized spacial score (nSPS) is 13.3. The molecule has 19 heavy (non-hydrogen) atoms. The van der Waals surface area contributed by atoms with Gasteiger partial charge in [-0.05, 0) is 31.0 Å². The van der Waals surface area contributed by atoms with E-state index in [0.29, 0.717) is 23.7 Å². The molecule has 0 amide bonds. The van der Waals surface area contributed by atoms with E-state index in [2.05, 4.69) is 31.1 Å². The van der Waals surface area contributed by atoms with E-state index in [1.54, 1.807) is 22.9 Å². The average molecular weight is 263 g/mol. The molecule has 0 aromatic carbocycles. The molecular formula is C14H21N3O2. The molecule has 0 fully saturated rings. The zero-order valence-corrected chi connectivity index (χ0v) is 11.7. The van der Waals surface area contributed by atoms with Crippen molar-refractivity contribution in [1.29, 1.82) is 0 Å². The fourth-order valence-electron chi connectivity index (χ4n) is 2.10. The van der Waals surface area contributed by atoms with E-state index >= 15 is 0 Å². The molecule has 5 nitrogen and oxygen atoms in total. The molecule has 104 valence electrons. The van der Waals surface area contributed by atoms with Crippen LogP contribution in [-0.2, 0) is 6.54 Å². The molecule has 5 heteroatoms. The van der Waals surface area contributed by atoms with Gasteiger partial charge in [0.15, 0.2) is 11.2 Å². The molecule has 0 radical (unpaired) electrons. The number of nitrogens with zero attached hydrogens (tertiary/aromatic N) is 2. The number of pyridine rings is 1. The molecule has 1 unspecified atom stereocenters. The zero-order valence-electron chi connectivity index (χ0n) is 11.7. The first-order chi connectivity index (χ1) is 9.13. The van der Waals surface area contributed by atoms with Gasteiger partial charge in [-0.15, -0.1) is 0 Å². The number of nitrogens with one attached hydrogen (secondary N) is 1. The van der Waals surface area contributed by atoms with Crippen LogP contribution in [0.2, 0.25) is 0 Å². The summed E-state index contributed by atoms with van der Waals surface area (Å²) >= 11 is 0. The van der Waals surface area contributed by atoms with Gasteiger partial charge in [0.2, 0.25) is 0 Å². The lowest BCUT2D eigenvalue weighted by Crippen LogP contribution is -2.40. The lowest BCUT2D eigenvalue weighted by molar-refractivity contribution is 0.346. The molecule has 1 N–H and O–H groups in total. The molecule has 2 rings (SSSR count). The van der Waals surface area contributed by atoms with Crippen LogP contribution in [0.15, 0.2) is 27.5 Å². The Bertz CT molecular complexity index is 586. The van der Waals surface area contributed by atoms with Gasteiger partial charge in [0.25, 0.3) is 0 Å². The first-order valence-electron chi connectivity index (χ1n) is 6.81. The zero-order chi connectivity index (χ0) is 13.8. The highest BCUT2D eigenvalue weighted by atomic mass is 16.4. The van der Waals surface area contributed by atoms with Crippen LogP contribution in [0.5, 0.6) is 0 Å². The number of hydrogen-bond acceptors (Lipinski definition) is 4. The maximum Gasteiger partial charge on any atom is 0.421 e. The maximum absolute atomic E-state index is 11.9. The van der Waals surface area contributed by atoms with Crippen molar-refractivity contribution in [2.24, 2.45) is 5.92 Å². The molecular weight excluding hydrogens is 242 g/mol. The van der Waals surface area contributed by atoms with Crippen molar-refractivity contribution < 1.29 is 4.42 Å². The van der Waals surface area contributed by atoms with Crippen molar-refractivity contribution in [2.75, 3.05) is 6.54 Å². The van der Waals surface area contributed by atoms with E-state index in [-0.39, 0.29) is 11.8 Å². The third kappa shape index (κ3) is 3.04. The minimum atomic E-state index is -0.336. The van der Waals surface area contributed by atoms with Gasteiger partial charge in [0.1, 0.15) is 0 Å². The predicted octanol–water partition coefficient (Wildman–Crippen LogP) is 2.01. The Labute approximate surface area is 112 Å². The molecule has 0 aliphatic heterocycles. The molecule has 0 bridgehead atoms. The molecule has 1 atom stereocenters. The van der Waals surface area contributed by atoms with Crippen molar-refractivity contribution in [1.82, 2.24) is 14.9 Å². The van der Waals surface area contributed by atoms with E-state index in [9.17, 15) is 4.79 Å². The number of oxazole rings is 1. The third-order valence-corrected chi connectivity index (χ3v) is 3.26. The van der Waals surface area contributed by atoms with Crippen LogP contribution >= 0.6 is 0 Å². The minimum absolute atomic E-state index is 0.237. The summed E-state index contributed by atoms with van der Waals surface area (Å²) in [5, 5.41) is 3.47. The average Bonchev–Trinajstić information content (AvgIpc) is 2.70. The number of aromatic nitrogens is 2. The highest BCUT2D eigenvalue weighted by molar-refractivity contribution is 5.67. The maximum atomic E-state index is 11.9. The summed E-state index contributed by atoms with van der Waals surface area (Å²) in [6.45, 7) is 7.95. The molecule has 2 heterocycles. The summed E-state index contributed by atoms with van der Waals surface area (Å²) < 4.78 is 6.82. The van der Waals surface area contributed by atoms with Crippen LogP contribution < -0.4 is 11.1 Å². The van der Waals surface area contributed by atoms with Gasteiger partial charge in [-0.1, -0.05) is 20.8 Å². The lowest BCUT2D eigenvalue weighted by atomic mass is 10.0. The molecule has 2 aromatic rings. The quantitative estimate of drug-likeness (QED) is 0.866. The van der Waals surface area contributed by atoms with Crippen LogP contribution in [0.25, 0.3) is 11.2 Å². The standard InChI is InChI=1S/C14H21N3O2/c1-4-7-15-11(10(2)3)9-17-13-12(19-14(17)18)6-5-8-16-13/h5-6,8,10-11,15H,4,7,9H2,1-3H3. The van der Waals surface area contributed by atoms with E-state index in [1.807, 2.05) is 0 Å². The second-order valence-electron chi connectivity index (χ2n) is 5.11. The molecule has 0 aliphatic carbocycles. The molecule has 0 saturated heterocycles. The Morgan fingerprint density at radius 2 is 2.26 bits per heavy atom. The first-order valence-corrected chi connectivity index (χ1v) is 6.81. The van der Waals surface area contributed by atoms with Crippen molar-refractivity contribution in [2.45, 2.75) is 39.8 Å². The summed E-state index contributed by atoms with van der Waals surface area (Å²) in [5.74, 6) is 0.102. The van der Waals surface area contributed by atoms with Gasteiger partial charge in [-0.25, -0.2) is 9.78 Å². The number of rotatable bonds is 6. The van der Waals surface area contributed by atoms with Gasteiger partial charge in [0.05, 0.1) is 0 Å². The summed E-state index contributed by atoms with van der Waals surface area (Å²) in [4.78, 5) is 16.1. The Morgan fingerprint density at radius 1 is 1.47 bits per heavy atom. The Morgan fingerprint density at radius 3 is 2.95 bits per heavy atom. The second-order valence-corrected chi connectivity index (χ2v) is 5.11. The molecule has 0 saturated carbocycles. The van der Waals surface area contributed by atoms with Crippen LogP contribution in [0.3, 0.4) is 0 Å². The van der Waals surface area contributed by atoms with Crippen LogP contribution in [-0.4, -0.2) is 22.1 Å². The van der Waals surface area contributed by atoms with E-state index in [0.717, 1.165) is 13.0 Å². The SMILES string of the molecule is CCCNC(Cn1c(=O)oc2cccnc21)C(C)C. The summed E-state index contributed by atoms with van der Waals surface area (Å²) in [5.41, 5.74) is 1.17. The van der Waals surface area contributed by atoms with Gasteiger partial charge >= 0.3 is 5.76 Å². The van der Waals surface area contributed by atoms with Crippen LogP contribution in [0.1, 0.15) is 27.2 Å². The highest BCUT2D eigenvalue weighted by Gasteiger charge is 2.17. The fourth-order valence-corrected chi connectivity index (χ4v) is 2.10. The van der Waals surface area contributed by atoms with Crippen molar-refractivity contribution in [3.63, 3.8) is 0 Å². The van der Waals surface area contributed by atoms with Crippen LogP contribution in [0.4, 0.5) is 0 Å². The fraction of sp³-hybridized carbons (Fsp3) is 0.571. The van der Waals surface area contributed by atoms with Crippen molar-refractivity contribution >= 4 is 11.2 Å². The largest absolute Gasteiger partial charge is 0.421 e. The Hall–Kier alpha value is -1.62. The minimum Gasteiger partial charge on any atom is -0.406 e. The van der Waals surface area contributed by atoms with Crippen molar-refractivity contribution in [3.05, 3.63) is 28.9 Å². The second kappa shape index (κ2) is 6.02. The first kappa shape index (κ1) is 13.8. The third-order valence-electron chi connectivity index (χ3n) is 3.26. The molecule has 0 aliphatic rings. The van der Waals surface area contributed by atoms with Gasteiger partial charge in [-0.3, -0.25) is 4.57 Å². The summed E-state index contributed by atoms with van der Waals surface area (Å²) in [7, 11) is 0. The number of fused-ring (bicyclic) bond motifs is 1. The lowest BCUT2D eigenvalue weighted by Gasteiger charge is -2.22. The monoisotopic (exact) mass is 263 g/mol. The van der Waals surface area contributed by atoms with E-state index in [4.69, 9.17) is 4.42 Å². The molecule has 0 spiro atoms. The Kier molecular flexibility index (Phi) is 4.37. The van der Waals surface area contributed by atoms with Gasteiger partial charge < -0.3 is 9.73 Å². The summed E-state index contributed by atoms with van der Waals surface area (Å²) in [6.07, 6.45) is 2.75. The highest BCUT2D eigenvalue weighted by Crippen LogP contribution is 2.11. The topological polar surface area (TPSA) is 60.1 Å². The van der Waals surface area contributed by atoms with E-state index in [1.165, 1.54) is 0 Å². The van der Waals surface area contributed by atoms with Crippen LogP contribution in [0, 0.1) is 5.92 Å². The Balaban J connectivity index is 2.28. The smallest absolute Gasteiger partial charge is 0.406 e. The molecule has 2 aromatic heterocycles. The van der Waals surface area contributed by atoms with Gasteiger partial charge in [0, 0.05) is 18.8 Å². The van der Waals surface area contributed by atoms with E-state index < -0.39 is 0 Å². The van der Waals surface area contributed by atoms with Gasteiger partial charge in [-0.2, -0.15) is 0 Å². The van der Waals surface area contributed by atoms with Crippen molar-refractivity contribution in [3.8, 4) is 0 Å². The number of hydrogen-bond donors (Lipinski definition) is 1.